The van der Waals surface area contributed by atoms with E-state index in [1.807, 2.05) is 0 Å². The van der Waals surface area contributed by atoms with Crippen LogP contribution in [0.4, 0.5) is 0 Å². The quantitative estimate of drug-likeness (QED) is 0.293. The van der Waals surface area contributed by atoms with Crippen LogP contribution in [-0.4, -0.2) is 40.7 Å². The summed E-state index contributed by atoms with van der Waals surface area (Å²) < 4.78 is 33.1. The second kappa shape index (κ2) is 10.5. The van der Waals surface area contributed by atoms with Gasteiger partial charge in [-0.05, 0) is 43.9 Å². The Balaban J connectivity index is 1.90. The van der Waals surface area contributed by atoms with Crippen LogP contribution in [0.15, 0.2) is 28.8 Å². The summed E-state index contributed by atoms with van der Waals surface area (Å²) >= 11 is 0. The van der Waals surface area contributed by atoms with Gasteiger partial charge in [-0.3, -0.25) is 10.0 Å². The molecule has 2 aromatic rings. The average molecular weight is 440 g/mol. The number of nitrogens with one attached hydrogen (secondary N) is 1. The molecule has 0 saturated carbocycles. The molecule has 2 N–H and O–H groups in total. The van der Waals surface area contributed by atoms with E-state index in [1.54, 1.807) is 24.3 Å². The topological polar surface area (TPSA) is 132 Å². The highest BCUT2D eigenvalue weighted by atomic mass is 32.2. The van der Waals surface area contributed by atoms with Gasteiger partial charge in [-0.2, -0.15) is 4.98 Å². The molecule has 166 valence electrons. The molecular formula is C20H29N3O6S. The predicted octanol–water partition coefficient (Wildman–Crippen LogP) is 2.62. The number of rotatable bonds is 12. The third-order valence-corrected chi connectivity index (χ3v) is 7.12. The van der Waals surface area contributed by atoms with Crippen molar-refractivity contribution in [3.05, 3.63) is 41.5 Å². The second-order valence-corrected chi connectivity index (χ2v) is 9.88. The van der Waals surface area contributed by atoms with Crippen molar-refractivity contribution in [2.75, 3.05) is 6.26 Å². The summed E-state index contributed by atoms with van der Waals surface area (Å²) in [6.07, 6.45) is 5.41. The number of aryl methyl sites for hydroxylation is 2. The number of carbonyl (C=O) groups excluding carboxylic acids is 1. The highest BCUT2D eigenvalue weighted by Gasteiger charge is 2.43. The van der Waals surface area contributed by atoms with E-state index in [2.05, 4.69) is 17.1 Å². The predicted molar refractivity (Wildman–Crippen MR) is 110 cm³/mol. The van der Waals surface area contributed by atoms with Crippen molar-refractivity contribution >= 4 is 15.7 Å². The Kier molecular flexibility index (Phi) is 8.36. The minimum absolute atomic E-state index is 0.0290. The summed E-state index contributed by atoms with van der Waals surface area (Å²) in [4.78, 5) is 16.2. The van der Waals surface area contributed by atoms with E-state index in [9.17, 15) is 13.2 Å². The van der Waals surface area contributed by atoms with Crippen LogP contribution in [0, 0.1) is 0 Å². The molecule has 30 heavy (non-hydrogen) atoms. The minimum Gasteiger partial charge on any atom is -0.484 e. The molecule has 1 atom stereocenters. The number of aromatic nitrogens is 2. The van der Waals surface area contributed by atoms with Crippen molar-refractivity contribution in [1.82, 2.24) is 15.6 Å². The van der Waals surface area contributed by atoms with E-state index in [0.29, 0.717) is 23.9 Å². The third-order valence-electron chi connectivity index (χ3n) is 5.09. The molecular weight excluding hydrogens is 410 g/mol. The lowest BCUT2D eigenvalue weighted by Crippen LogP contribution is -2.49. The van der Waals surface area contributed by atoms with Gasteiger partial charge >= 0.3 is 0 Å². The van der Waals surface area contributed by atoms with Crippen LogP contribution >= 0.6 is 0 Å². The zero-order valence-electron chi connectivity index (χ0n) is 17.6. The lowest BCUT2D eigenvalue weighted by atomic mass is 9.99. The first-order valence-corrected chi connectivity index (χ1v) is 11.8. The van der Waals surface area contributed by atoms with Gasteiger partial charge in [0, 0.05) is 12.7 Å². The fourth-order valence-corrected chi connectivity index (χ4v) is 3.70. The van der Waals surface area contributed by atoms with Crippen LogP contribution in [0.1, 0.15) is 56.8 Å². The molecule has 0 aliphatic rings. The number of unbranched alkanes of at least 4 members (excludes halogenated alkanes) is 2. The number of carbonyl (C=O) groups is 1. The zero-order chi connectivity index (χ0) is 22.2. The minimum atomic E-state index is -3.72. The number of hydrogen-bond donors (Lipinski definition) is 2. The van der Waals surface area contributed by atoms with Crippen molar-refractivity contribution in [3.63, 3.8) is 0 Å². The number of hydrogen-bond acceptors (Lipinski definition) is 8. The standard InChI is InChI=1S/C20H29N3O6S/c1-4-5-6-7-17-21-18(29-23-17)14-28-16-10-8-15(9-11-16)12-13-20(2,19(24)22-25)30(3,26)27/h8-11,25H,4-7,12-14H2,1-3H3,(H,22,24). The maximum Gasteiger partial charge on any atom is 0.264 e. The highest BCUT2D eigenvalue weighted by Crippen LogP contribution is 2.24. The van der Waals surface area contributed by atoms with E-state index in [0.717, 1.165) is 37.5 Å². The van der Waals surface area contributed by atoms with Gasteiger partial charge in [0.05, 0.1) is 0 Å². The molecule has 1 amide bonds. The Bertz CT molecular complexity index is 926. The molecule has 0 bridgehead atoms. The molecule has 2 rings (SSSR count). The van der Waals surface area contributed by atoms with E-state index < -0.39 is 20.5 Å². The third kappa shape index (κ3) is 6.27. The smallest absolute Gasteiger partial charge is 0.264 e. The van der Waals surface area contributed by atoms with Gasteiger partial charge < -0.3 is 9.26 Å². The van der Waals surface area contributed by atoms with Gasteiger partial charge in [0.2, 0.25) is 0 Å². The fourth-order valence-electron chi connectivity index (χ4n) is 2.85. The highest BCUT2D eigenvalue weighted by molar-refractivity contribution is 7.92. The van der Waals surface area contributed by atoms with Gasteiger partial charge in [0.1, 0.15) is 10.5 Å². The van der Waals surface area contributed by atoms with Crippen LogP contribution in [0.3, 0.4) is 0 Å². The Morgan fingerprint density at radius 3 is 2.53 bits per heavy atom. The Morgan fingerprint density at radius 1 is 1.23 bits per heavy atom. The first kappa shape index (κ1) is 23.8. The average Bonchev–Trinajstić information content (AvgIpc) is 3.17. The largest absolute Gasteiger partial charge is 0.484 e. The van der Waals surface area contributed by atoms with Crippen LogP contribution < -0.4 is 10.2 Å². The lowest BCUT2D eigenvalue weighted by molar-refractivity contribution is -0.131. The molecule has 9 nitrogen and oxygen atoms in total. The Hall–Kier alpha value is -2.46. The summed E-state index contributed by atoms with van der Waals surface area (Å²) in [6.45, 7) is 3.59. The zero-order valence-corrected chi connectivity index (χ0v) is 18.4. The second-order valence-electron chi connectivity index (χ2n) is 7.44. The summed E-state index contributed by atoms with van der Waals surface area (Å²) in [5.74, 6) is 0.741. The Morgan fingerprint density at radius 2 is 1.93 bits per heavy atom. The molecule has 0 aliphatic carbocycles. The van der Waals surface area contributed by atoms with Gasteiger partial charge in [0.15, 0.2) is 22.3 Å². The first-order chi connectivity index (χ1) is 14.2. The normalized spacial score (nSPS) is 13.6. The first-order valence-electron chi connectivity index (χ1n) is 9.87. The van der Waals surface area contributed by atoms with Crippen molar-refractivity contribution < 1.29 is 27.7 Å². The van der Waals surface area contributed by atoms with Crippen LogP contribution in [0.25, 0.3) is 0 Å². The van der Waals surface area contributed by atoms with E-state index in [1.165, 1.54) is 12.4 Å². The van der Waals surface area contributed by atoms with Crippen molar-refractivity contribution in [1.29, 1.82) is 0 Å². The summed E-state index contributed by atoms with van der Waals surface area (Å²) in [7, 11) is -3.72. The van der Waals surface area contributed by atoms with Crippen molar-refractivity contribution in [2.24, 2.45) is 0 Å². The number of hydroxylamine groups is 1. The molecule has 0 aliphatic heterocycles. The molecule has 10 heteroatoms. The number of benzene rings is 1. The summed E-state index contributed by atoms with van der Waals surface area (Å²) in [6, 6.07) is 7.08. The molecule has 1 heterocycles. The van der Waals surface area contributed by atoms with Gasteiger partial charge in [0.25, 0.3) is 11.8 Å². The van der Waals surface area contributed by atoms with Gasteiger partial charge in [-0.1, -0.05) is 37.1 Å². The van der Waals surface area contributed by atoms with Crippen LogP contribution in [-0.2, 0) is 34.1 Å². The molecule has 0 saturated heterocycles. The molecule has 1 aromatic heterocycles. The van der Waals surface area contributed by atoms with E-state index in [-0.39, 0.29) is 13.0 Å². The maximum absolute atomic E-state index is 12.0. The maximum atomic E-state index is 12.0. The number of nitrogens with zero attached hydrogens (tertiary/aromatic N) is 2. The van der Waals surface area contributed by atoms with Crippen LogP contribution in [0.5, 0.6) is 5.75 Å². The van der Waals surface area contributed by atoms with E-state index >= 15 is 0 Å². The summed E-state index contributed by atoms with van der Waals surface area (Å²) in [5.41, 5.74) is 2.28. The van der Waals surface area contributed by atoms with Crippen LogP contribution in [0.2, 0.25) is 0 Å². The molecule has 1 unspecified atom stereocenters. The fraction of sp³-hybridized carbons (Fsp3) is 0.550. The Labute approximate surface area is 176 Å². The van der Waals surface area contributed by atoms with E-state index in [4.69, 9.17) is 14.5 Å². The summed E-state index contributed by atoms with van der Waals surface area (Å²) in [5, 5.41) is 12.8. The number of ether oxygens (including phenoxy) is 1. The monoisotopic (exact) mass is 439 g/mol. The molecule has 0 radical (unpaired) electrons. The SMILES string of the molecule is CCCCCc1noc(COc2ccc(CCC(C)(C(=O)NO)S(C)(=O)=O)cc2)n1. The van der Waals surface area contributed by atoms with Crippen molar-refractivity contribution in [2.45, 2.75) is 63.7 Å². The molecule has 0 fully saturated rings. The van der Waals surface area contributed by atoms with Gasteiger partial charge in [-0.15, -0.1) is 0 Å². The number of amides is 1. The number of sulfone groups is 1. The van der Waals surface area contributed by atoms with Gasteiger partial charge in [-0.25, -0.2) is 13.9 Å². The van der Waals surface area contributed by atoms with Crippen molar-refractivity contribution in [3.8, 4) is 5.75 Å². The molecule has 1 aromatic carbocycles. The molecule has 0 spiro atoms. The lowest BCUT2D eigenvalue weighted by Gasteiger charge is -2.25.